The van der Waals surface area contributed by atoms with E-state index in [9.17, 15) is 21.6 Å². The van der Waals surface area contributed by atoms with Crippen molar-refractivity contribution in [2.45, 2.75) is 17.9 Å². The van der Waals surface area contributed by atoms with E-state index >= 15 is 0 Å². The largest absolute Gasteiger partial charge is 0.392 e. The Balaban J connectivity index is 3.09. The van der Waals surface area contributed by atoms with Gasteiger partial charge in [-0.3, -0.25) is 0 Å². The van der Waals surface area contributed by atoms with Crippen molar-refractivity contribution in [3.8, 4) is 0 Å². The van der Waals surface area contributed by atoms with Gasteiger partial charge in [0.05, 0.1) is 18.0 Å². The molecule has 4 nitrogen and oxygen atoms in total. The van der Waals surface area contributed by atoms with Crippen LogP contribution < -0.4 is 4.72 Å². The van der Waals surface area contributed by atoms with Crippen LogP contribution in [0.2, 0.25) is 0 Å². The highest BCUT2D eigenvalue weighted by molar-refractivity contribution is 7.89. The summed E-state index contributed by atoms with van der Waals surface area (Å²) >= 11 is 0. The Hall–Kier alpha value is -1.12. The second-order valence-corrected chi connectivity index (χ2v) is 4.89. The molecule has 1 aromatic rings. The van der Waals surface area contributed by atoms with Crippen molar-refractivity contribution in [1.29, 1.82) is 0 Å². The van der Waals surface area contributed by atoms with Gasteiger partial charge in [-0.1, -0.05) is 6.07 Å². The Morgan fingerprint density at radius 2 is 2.00 bits per heavy atom. The predicted octanol–water partition coefficient (Wildman–Crippen LogP) is 0.861. The molecule has 8 heteroatoms. The number of rotatable bonds is 5. The van der Waals surface area contributed by atoms with Crippen LogP contribution in [0.15, 0.2) is 23.1 Å². The van der Waals surface area contributed by atoms with Gasteiger partial charge < -0.3 is 5.11 Å². The number of alkyl halides is 2. The highest BCUT2D eigenvalue weighted by Gasteiger charge is 2.20. The number of nitrogens with one attached hydrogen (secondary N) is 1. The van der Waals surface area contributed by atoms with Crippen LogP contribution in [0.25, 0.3) is 0 Å². The second kappa shape index (κ2) is 5.48. The summed E-state index contributed by atoms with van der Waals surface area (Å²) in [6.45, 7) is -1.70. The molecule has 0 aliphatic rings. The molecule has 0 aliphatic heterocycles. The zero-order chi connectivity index (χ0) is 13.1. The lowest BCUT2D eigenvalue weighted by Gasteiger charge is -2.09. The Bertz CT molecular complexity index is 490. The third-order valence-corrected chi connectivity index (χ3v) is 3.42. The third kappa shape index (κ3) is 3.69. The van der Waals surface area contributed by atoms with E-state index in [1.54, 1.807) is 4.72 Å². The Labute approximate surface area is 96.1 Å². The van der Waals surface area contributed by atoms with E-state index in [-0.39, 0.29) is 5.56 Å². The van der Waals surface area contributed by atoms with Crippen molar-refractivity contribution in [3.05, 3.63) is 29.6 Å². The van der Waals surface area contributed by atoms with Gasteiger partial charge in [0.1, 0.15) is 5.82 Å². The van der Waals surface area contributed by atoms with Gasteiger partial charge in [0.2, 0.25) is 10.0 Å². The molecule has 2 N–H and O–H groups in total. The fourth-order valence-corrected chi connectivity index (χ4v) is 2.41. The van der Waals surface area contributed by atoms with E-state index in [0.717, 1.165) is 12.1 Å². The third-order valence-electron chi connectivity index (χ3n) is 1.92. The van der Waals surface area contributed by atoms with Crippen LogP contribution in [0.1, 0.15) is 5.56 Å². The summed E-state index contributed by atoms with van der Waals surface area (Å²) in [6, 6.07) is 2.71. The first-order chi connectivity index (χ1) is 7.86. The minimum atomic E-state index is -4.25. The maximum Gasteiger partial charge on any atom is 0.251 e. The first-order valence-electron chi connectivity index (χ1n) is 4.54. The molecule has 0 amide bonds. The van der Waals surface area contributed by atoms with Crippen LogP contribution in [0.5, 0.6) is 0 Å². The van der Waals surface area contributed by atoms with E-state index in [1.807, 2.05) is 0 Å². The number of aliphatic hydroxyl groups is 1. The molecular weight excluding hydrogens is 259 g/mol. The summed E-state index contributed by atoms with van der Waals surface area (Å²) in [7, 11) is -4.25. The van der Waals surface area contributed by atoms with Crippen molar-refractivity contribution in [1.82, 2.24) is 4.72 Å². The summed E-state index contributed by atoms with van der Waals surface area (Å²) in [6.07, 6.45) is -2.85. The maximum atomic E-state index is 12.9. The van der Waals surface area contributed by atoms with Gasteiger partial charge in [-0.2, -0.15) is 0 Å². The minimum absolute atomic E-state index is 0.0619. The van der Waals surface area contributed by atoms with Gasteiger partial charge in [-0.25, -0.2) is 26.3 Å². The van der Waals surface area contributed by atoms with E-state index < -0.39 is 40.3 Å². The van der Waals surface area contributed by atoms with Crippen LogP contribution >= 0.6 is 0 Å². The summed E-state index contributed by atoms with van der Waals surface area (Å²) in [5, 5.41) is 8.89. The molecule has 0 heterocycles. The fraction of sp³-hybridized carbons (Fsp3) is 0.333. The average Bonchev–Trinajstić information content (AvgIpc) is 2.26. The molecule has 0 saturated carbocycles. The Morgan fingerprint density at radius 1 is 1.35 bits per heavy atom. The molecule has 1 rings (SSSR count). The first kappa shape index (κ1) is 13.9. The summed E-state index contributed by atoms with van der Waals surface area (Å²) < 4.78 is 61.4. The molecule has 0 radical (unpaired) electrons. The van der Waals surface area contributed by atoms with Crippen molar-refractivity contribution in [2.75, 3.05) is 6.54 Å². The van der Waals surface area contributed by atoms with Crippen molar-refractivity contribution >= 4 is 10.0 Å². The van der Waals surface area contributed by atoms with Crippen LogP contribution in [-0.2, 0) is 16.6 Å². The smallest absolute Gasteiger partial charge is 0.251 e. The zero-order valence-electron chi connectivity index (χ0n) is 8.53. The van der Waals surface area contributed by atoms with Crippen LogP contribution in [0, 0.1) is 5.82 Å². The van der Waals surface area contributed by atoms with Gasteiger partial charge in [-0.05, 0) is 17.7 Å². The molecular formula is C9H10F3NO3S. The van der Waals surface area contributed by atoms with E-state index in [0.29, 0.717) is 6.07 Å². The van der Waals surface area contributed by atoms with Crippen molar-refractivity contribution in [2.24, 2.45) is 0 Å². The molecule has 0 atom stereocenters. The highest BCUT2D eigenvalue weighted by atomic mass is 32.2. The van der Waals surface area contributed by atoms with Crippen LogP contribution in [0.3, 0.4) is 0 Å². The van der Waals surface area contributed by atoms with Crippen molar-refractivity contribution in [3.63, 3.8) is 0 Å². The first-order valence-corrected chi connectivity index (χ1v) is 6.02. The highest BCUT2D eigenvalue weighted by Crippen LogP contribution is 2.17. The SMILES string of the molecule is O=S(=O)(NCC(F)F)c1cc(F)ccc1CO. The van der Waals surface area contributed by atoms with E-state index in [2.05, 4.69) is 0 Å². The number of hydrogen-bond acceptors (Lipinski definition) is 3. The molecule has 0 fully saturated rings. The average molecular weight is 269 g/mol. The van der Waals surface area contributed by atoms with Crippen LogP contribution in [0.4, 0.5) is 13.2 Å². The Kier molecular flexibility index (Phi) is 4.49. The standard InChI is InChI=1S/C9H10F3NO3S/c10-7-2-1-6(5-14)8(3-7)17(15,16)13-4-9(11)12/h1-3,9,13-14H,4-5H2. The predicted molar refractivity (Wildman–Crippen MR) is 53.5 cm³/mol. The molecule has 0 unspecified atom stereocenters. The number of benzene rings is 1. The molecule has 1 aromatic carbocycles. The summed E-state index contributed by atoms with van der Waals surface area (Å²) in [5.74, 6) is -0.834. The molecule has 17 heavy (non-hydrogen) atoms. The van der Waals surface area contributed by atoms with Gasteiger partial charge in [0, 0.05) is 0 Å². The lowest BCUT2D eigenvalue weighted by molar-refractivity contribution is 0.153. The van der Waals surface area contributed by atoms with Gasteiger partial charge in [-0.15, -0.1) is 0 Å². The topological polar surface area (TPSA) is 66.4 Å². The monoisotopic (exact) mass is 269 g/mol. The Morgan fingerprint density at radius 3 is 2.53 bits per heavy atom. The number of hydrogen-bond donors (Lipinski definition) is 2. The summed E-state index contributed by atoms with van der Waals surface area (Å²) in [5.41, 5.74) is -0.0619. The molecule has 0 spiro atoms. The quantitative estimate of drug-likeness (QED) is 0.833. The molecule has 0 saturated heterocycles. The molecule has 0 aliphatic carbocycles. The molecule has 96 valence electrons. The zero-order valence-corrected chi connectivity index (χ0v) is 9.35. The molecule has 0 aromatic heterocycles. The second-order valence-electron chi connectivity index (χ2n) is 3.15. The fourth-order valence-electron chi connectivity index (χ4n) is 1.16. The number of sulfonamides is 1. The van der Waals surface area contributed by atoms with Crippen molar-refractivity contribution < 1.29 is 26.7 Å². The van der Waals surface area contributed by atoms with E-state index in [4.69, 9.17) is 5.11 Å². The van der Waals surface area contributed by atoms with E-state index in [1.165, 1.54) is 0 Å². The van der Waals surface area contributed by atoms with Gasteiger partial charge in [0.15, 0.2) is 0 Å². The lowest BCUT2D eigenvalue weighted by Crippen LogP contribution is -2.29. The van der Waals surface area contributed by atoms with Gasteiger partial charge >= 0.3 is 0 Å². The summed E-state index contributed by atoms with van der Waals surface area (Å²) in [4.78, 5) is -0.541. The number of aliphatic hydroxyl groups excluding tert-OH is 1. The van der Waals surface area contributed by atoms with Crippen LogP contribution in [-0.4, -0.2) is 26.5 Å². The normalized spacial score (nSPS) is 12.1. The minimum Gasteiger partial charge on any atom is -0.392 e. The molecule has 0 bridgehead atoms. The number of halogens is 3. The van der Waals surface area contributed by atoms with Gasteiger partial charge in [0.25, 0.3) is 6.43 Å². The maximum absolute atomic E-state index is 12.9. The lowest BCUT2D eigenvalue weighted by atomic mass is 10.2.